The monoisotopic (exact) mass is 550 g/mol. The first-order valence-corrected chi connectivity index (χ1v) is 14.1. The number of methoxy groups -OCH3 is 2. The Labute approximate surface area is 233 Å². The molecule has 0 spiro atoms. The molecule has 0 unspecified atom stereocenters. The molecule has 0 aliphatic carbocycles. The van der Waals surface area contributed by atoms with Crippen LogP contribution < -0.4 is 14.2 Å². The van der Waals surface area contributed by atoms with E-state index in [0.717, 1.165) is 24.8 Å². The molecule has 0 radical (unpaired) electrons. The molecule has 1 aromatic heterocycles. The number of rotatable bonds is 10. The Balaban J connectivity index is 1.37. The van der Waals surface area contributed by atoms with Crippen molar-refractivity contribution in [3.8, 4) is 17.2 Å². The van der Waals surface area contributed by atoms with Gasteiger partial charge in [0.2, 0.25) is 5.91 Å². The first-order chi connectivity index (χ1) is 19.1. The smallest absolute Gasteiger partial charge is 0.258 e. The zero-order valence-electron chi connectivity index (χ0n) is 22.3. The summed E-state index contributed by atoms with van der Waals surface area (Å²) >= 11 is 1.70. The van der Waals surface area contributed by atoms with Crippen LogP contribution in [0.2, 0.25) is 0 Å². The molecule has 1 fully saturated rings. The number of amides is 2. The molecule has 3 aromatic rings. The summed E-state index contributed by atoms with van der Waals surface area (Å²) < 4.78 is 22.8. The fourth-order valence-corrected chi connectivity index (χ4v) is 6.17. The normalized spacial score (nSPS) is 18.4. The van der Waals surface area contributed by atoms with Crippen molar-refractivity contribution in [3.05, 3.63) is 76.0 Å². The number of ether oxygens (including phenoxy) is 4. The van der Waals surface area contributed by atoms with Crippen molar-refractivity contribution in [1.29, 1.82) is 0 Å². The first kappa shape index (κ1) is 27.0. The molecular formula is C30H34N2O6S. The van der Waals surface area contributed by atoms with E-state index in [1.54, 1.807) is 48.7 Å². The molecule has 39 heavy (non-hydrogen) atoms. The van der Waals surface area contributed by atoms with Gasteiger partial charge in [-0.3, -0.25) is 9.59 Å². The highest BCUT2D eigenvalue weighted by Gasteiger charge is 2.35. The van der Waals surface area contributed by atoms with Gasteiger partial charge in [-0.15, -0.1) is 11.3 Å². The SMILES string of the molecule is COc1cccc(OC[C@@H]2c3ccsc3CCN2C(=O)CN(C[C@H]2CCCO2)C(=O)c2ccccc2OC)c1. The largest absolute Gasteiger partial charge is 0.497 e. The number of fused-ring (bicyclic) bond motifs is 1. The summed E-state index contributed by atoms with van der Waals surface area (Å²) in [6.07, 6.45) is 2.50. The molecule has 206 valence electrons. The van der Waals surface area contributed by atoms with Crippen molar-refractivity contribution in [3.63, 3.8) is 0 Å². The van der Waals surface area contributed by atoms with Crippen molar-refractivity contribution in [2.75, 3.05) is 47.1 Å². The molecule has 0 N–H and O–H groups in total. The fourth-order valence-electron chi connectivity index (χ4n) is 5.24. The Hall–Kier alpha value is -3.56. The minimum Gasteiger partial charge on any atom is -0.497 e. The highest BCUT2D eigenvalue weighted by atomic mass is 32.1. The van der Waals surface area contributed by atoms with Crippen LogP contribution in [-0.2, 0) is 16.0 Å². The summed E-state index contributed by atoms with van der Waals surface area (Å²) in [7, 11) is 3.16. The van der Waals surface area contributed by atoms with Gasteiger partial charge in [0.25, 0.3) is 5.91 Å². The van der Waals surface area contributed by atoms with E-state index >= 15 is 0 Å². The van der Waals surface area contributed by atoms with Crippen molar-refractivity contribution >= 4 is 23.2 Å². The molecule has 1 saturated heterocycles. The first-order valence-electron chi connectivity index (χ1n) is 13.2. The van der Waals surface area contributed by atoms with Crippen LogP contribution in [0.15, 0.2) is 60.0 Å². The Morgan fingerprint density at radius 3 is 2.72 bits per heavy atom. The third-order valence-corrected chi connectivity index (χ3v) is 8.26. The van der Waals surface area contributed by atoms with Gasteiger partial charge in [0.15, 0.2) is 0 Å². The third kappa shape index (κ3) is 6.20. The summed E-state index contributed by atoms with van der Waals surface area (Å²) in [6.45, 7) is 1.84. The van der Waals surface area contributed by atoms with Gasteiger partial charge in [0.05, 0.1) is 31.9 Å². The zero-order valence-corrected chi connectivity index (χ0v) is 23.2. The Morgan fingerprint density at radius 2 is 1.92 bits per heavy atom. The number of hydrogen-bond donors (Lipinski definition) is 0. The van der Waals surface area contributed by atoms with Crippen LogP contribution in [0.3, 0.4) is 0 Å². The van der Waals surface area contributed by atoms with Gasteiger partial charge in [-0.25, -0.2) is 0 Å². The van der Waals surface area contributed by atoms with Gasteiger partial charge in [0.1, 0.15) is 30.4 Å². The summed E-state index contributed by atoms with van der Waals surface area (Å²) in [6, 6.07) is 16.4. The number of hydrogen-bond acceptors (Lipinski definition) is 7. The zero-order chi connectivity index (χ0) is 27.2. The standard InChI is InChI=1S/C30H34N2O6S/c1-35-21-7-5-8-22(17-21)38-20-26-24-13-16-39-28(24)12-14-32(26)29(33)19-31(18-23-9-6-15-37-23)30(34)25-10-3-4-11-27(25)36-2/h3-5,7-8,10-11,13,16-17,23,26H,6,9,12,14-15,18-20H2,1-2H3/t23-,26-/m1/s1. The highest BCUT2D eigenvalue weighted by Crippen LogP contribution is 2.34. The molecule has 2 aliphatic heterocycles. The number of carbonyl (C=O) groups is 2. The van der Waals surface area contributed by atoms with Crippen molar-refractivity contribution in [1.82, 2.24) is 9.80 Å². The van der Waals surface area contributed by atoms with Crippen LogP contribution in [0.25, 0.3) is 0 Å². The third-order valence-electron chi connectivity index (χ3n) is 7.26. The van der Waals surface area contributed by atoms with E-state index < -0.39 is 0 Å². The summed E-state index contributed by atoms with van der Waals surface area (Å²) in [5, 5.41) is 2.06. The van der Waals surface area contributed by atoms with Crippen LogP contribution in [0.1, 0.15) is 39.7 Å². The summed E-state index contributed by atoms with van der Waals surface area (Å²) in [5.41, 5.74) is 1.53. The lowest BCUT2D eigenvalue weighted by atomic mass is 10.00. The number of carbonyl (C=O) groups excluding carboxylic acids is 2. The second-order valence-corrected chi connectivity index (χ2v) is 10.7. The second-order valence-electron chi connectivity index (χ2n) is 9.66. The van der Waals surface area contributed by atoms with Gasteiger partial charge < -0.3 is 28.7 Å². The highest BCUT2D eigenvalue weighted by molar-refractivity contribution is 7.10. The van der Waals surface area contributed by atoms with Gasteiger partial charge in [-0.05, 0) is 60.5 Å². The number of thiophene rings is 1. The Kier molecular flexibility index (Phi) is 8.68. The van der Waals surface area contributed by atoms with Crippen molar-refractivity contribution < 1.29 is 28.5 Å². The lowest BCUT2D eigenvalue weighted by Crippen LogP contribution is -2.49. The molecule has 0 saturated carbocycles. The molecule has 0 bridgehead atoms. The predicted octanol–water partition coefficient (Wildman–Crippen LogP) is 4.59. The maximum Gasteiger partial charge on any atom is 0.258 e. The van der Waals surface area contributed by atoms with Crippen LogP contribution in [0.4, 0.5) is 0 Å². The molecule has 2 amide bonds. The number of para-hydroxylation sites is 1. The molecule has 3 heterocycles. The van der Waals surface area contributed by atoms with Crippen LogP contribution in [0.5, 0.6) is 17.2 Å². The molecule has 9 heteroatoms. The maximum absolute atomic E-state index is 13.9. The summed E-state index contributed by atoms with van der Waals surface area (Å²) in [4.78, 5) is 32.4. The predicted molar refractivity (Wildman–Crippen MR) is 149 cm³/mol. The molecule has 2 aliphatic rings. The molecule has 5 rings (SSSR count). The minimum absolute atomic E-state index is 0.0497. The van der Waals surface area contributed by atoms with E-state index in [4.69, 9.17) is 18.9 Å². The average Bonchev–Trinajstić information content (AvgIpc) is 3.67. The second kappa shape index (κ2) is 12.5. The van der Waals surface area contributed by atoms with Crippen LogP contribution in [0, 0.1) is 0 Å². The van der Waals surface area contributed by atoms with Crippen LogP contribution >= 0.6 is 11.3 Å². The Bertz CT molecular complexity index is 1290. The molecule has 8 nitrogen and oxygen atoms in total. The van der Waals surface area contributed by atoms with Crippen molar-refractivity contribution in [2.45, 2.75) is 31.4 Å². The van der Waals surface area contributed by atoms with Gasteiger partial charge >= 0.3 is 0 Å². The minimum atomic E-state index is -0.260. The Morgan fingerprint density at radius 1 is 1.08 bits per heavy atom. The van der Waals surface area contributed by atoms with Gasteiger partial charge in [-0.1, -0.05) is 18.2 Å². The van der Waals surface area contributed by atoms with Gasteiger partial charge in [-0.2, -0.15) is 0 Å². The average molecular weight is 551 g/mol. The van der Waals surface area contributed by atoms with E-state index in [9.17, 15) is 9.59 Å². The number of nitrogens with zero attached hydrogens (tertiary/aromatic N) is 2. The maximum atomic E-state index is 13.9. The van der Waals surface area contributed by atoms with E-state index in [2.05, 4.69) is 11.4 Å². The van der Waals surface area contributed by atoms with Crippen LogP contribution in [-0.4, -0.2) is 74.8 Å². The summed E-state index contributed by atoms with van der Waals surface area (Å²) in [5.74, 6) is 1.51. The quantitative estimate of drug-likeness (QED) is 0.368. The van der Waals surface area contributed by atoms with Gasteiger partial charge in [0, 0.05) is 30.6 Å². The topological polar surface area (TPSA) is 77.5 Å². The van der Waals surface area contributed by atoms with E-state index in [1.807, 2.05) is 35.2 Å². The van der Waals surface area contributed by atoms with E-state index in [-0.39, 0.29) is 30.5 Å². The molecular weight excluding hydrogens is 516 g/mol. The van der Waals surface area contributed by atoms with Crippen molar-refractivity contribution in [2.24, 2.45) is 0 Å². The van der Waals surface area contributed by atoms with E-state index in [1.165, 1.54) is 4.88 Å². The number of benzene rings is 2. The lowest BCUT2D eigenvalue weighted by molar-refractivity contribution is -0.135. The fraction of sp³-hybridized carbons (Fsp3) is 0.400. The van der Waals surface area contributed by atoms with E-state index in [0.29, 0.717) is 49.1 Å². The molecule has 2 atom stereocenters. The molecule has 2 aromatic carbocycles. The lowest BCUT2D eigenvalue weighted by Gasteiger charge is -2.37.